The Hall–Kier alpha value is -0.160. The summed E-state index contributed by atoms with van der Waals surface area (Å²) in [7, 11) is 1.68. The van der Waals surface area contributed by atoms with Crippen LogP contribution >= 0.6 is 0 Å². The van der Waals surface area contributed by atoms with Crippen LogP contribution in [0, 0.1) is 16.7 Å². The van der Waals surface area contributed by atoms with Gasteiger partial charge < -0.3 is 19.3 Å². The van der Waals surface area contributed by atoms with E-state index in [4.69, 9.17) is 14.2 Å². The highest BCUT2D eigenvalue weighted by Gasteiger charge is 2.67. The molecule has 0 amide bonds. The minimum absolute atomic E-state index is 0.0867. The van der Waals surface area contributed by atoms with Crippen LogP contribution in [0.4, 0.5) is 0 Å². The van der Waals surface area contributed by atoms with Crippen LogP contribution < -0.4 is 0 Å². The van der Waals surface area contributed by atoms with E-state index in [1.807, 2.05) is 0 Å². The summed E-state index contributed by atoms with van der Waals surface area (Å²) in [5, 5.41) is 10.1. The minimum Gasteiger partial charge on any atom is -0.393 e. The monoisotopic (exact) mass is 284 g/mol. The molecule has 0 radical (unpaired) electrons. The Morgan fingerprint density at radius 3 is 2.85 bits per heavy atom. The molecule has 3 fully saturated rings. The van der Waals surface area contributed by atoms with E-state index in [9.17, 15) is 5.11 Å². The first-order valence-corrected chi connectivity index (χ1v) is 7.99. The number of aliphatic hydroxyl groups excluding tert-OH is 1. The van der Waals surface area contributed by atoms with Crippen LogP contribution in [-0.2, 0) is 14.2 Å². The van der Waals surface area contributed by atoms with Crippen LogP contribution in [0.25, 0.3) is 0 Å². The van der Waals surface area contributed by atoms with E-state index in [-0.39, 0.29) is 11.5 Å². The zero-order chi connectivity index (χ0) is 14.2. The van der Waals surface area contributed by atoms with Gasteiger partial charge in [0.15, 0.2) is 0 Å². The van der Waals surface area contributed by atoms with Crippen molar-refractivity contribution in [1.82, 2.24) is 0 Å². The van der Waals surface area contributed by atoms with Gasteiger partial charge in [-0.05, 0) is 55.3 Å². The number of rotatable bonds is 6. The van der Waals surface area contributed by atoms with Gasteiger partial charge in [-0.2, -0.15) is 0 Å². The average Bonchev–Trinajstić information content (AvgIpc) is 2.96. The van der Waals surface area contributed by atoms with Crippen molar-refractivity contribution in [3.63, 3.8) is 0 Å². The van der Waals surface area contributed by atoms with Crippen molar-refractivity contribution < 1.29 is 19.3 Å². The first-order valence-electron chi connectivity index (χ1n) is 7.99. The minimum atomic E-state index is -0.0867. The van der Waals surface area contributed by atoms with E-state index in [1.165, 1.54) is 19.3 Å². The second-order valence-corrected chi connectivity index (χ2v) is 7.12. The van der Waals surface area contributed by atoms with Crippen molar-refractivity contribution in [2.24, 2.45) is 16.7 Å². The first kappa shape index (κ1) is 14.8. The molecule has 0 saturated heterocycles. The number of hydrogen-bond acceptors (Lipinski definition) is 4. The molecule has 5 atom stereocenters. The molecule has 3 aliphatic rings. The van der Waals surface area contributed by atoms with Crippen molar-refractivity contribution >= 4 is 0 Å². The van der Waals surface area contributed by atoms with E-state index < -0.39 is 0 Å². The van der Waals surface area contributed by atoms with Crippen molar-refractivity contribution in [3.8, 4) is 0 Å². The molecule has 3 rings (SSSR count). The van der Waals surface area contributed by atoms with Gasteiger partial charge in [0.25, 0.3) is 0 Å². The second kappa shape index (κ2) is 5.56. The lowest BCUT2D eigenvalue weighted by atomic mass is 9.66. The molecule has 1 N–H and O–H groups in total. The summed E-state index contributed by atoms with van der Waals surface area (Å²) in [4.78, 5) is 0. The Morgan fingerprint density at radius 1 is 1.20 bits per heavy atom. The summed E-state index contributed by atoms with van der Waals surface area (Å²) in [6.07, 6.45) is 7.04. The number of hydrogen-bond donors (Lipinski definition) is 1. The quantitative estimate of drug-likeness (QED) is 0.601. The van der Waals surface area contributed by atoms with Gasteiger partial charge >= 0.3 is 0 Å². The SMILES string of the molecule is COCCOCOC1CCC23CC(O)CC2CCC13C. The Bertz CT molecular complexity index is 347. The van der Waals surface area contributed by atoms with Crippen LogP contribution in [-0.4, -0.2) is 44.4 Å². The lowest BCUT2D eigenvalue weighted by molar-refractivity contribution is -0.135. The molecule has 5 unspecified atom stereocenters. The zero-order valence-corrected chi connectivity index (χ0v) is 12.8. The fourth-order valence-electron chi connectivity index (χ4n) is 5.42. The van der Waals surface area contributed by atoms with Crippen molar-refractivity contribution in [2.75, 3.05) is 27.1 Å². The molecule has 20 heavy (non-hydrogen) atoms. The summed E-state index contributed by atoms with van der Waals surface area (Å²) >= 11 is 0. The molecule has 116 valence electrons. The lowest BCUT2D eigenvalue weighted by Gasteiger charge is -2.41. The molecule has 0 heterocycles. The highest BCUT2D eigenvalue weighted by Crippen LogP contribution is 2.71. The molecular formula is C16H28O4. The van der Waals surface area contributed by atoms with E-state index >= 15 is 0 Å². The summed E-state index contributed by atoms with van der Waals surface area (Å²) in [5.74, 6) is 0.713. The van der Waals surface area contributed by atoms with Gasteiger partial charge in [-0.1, -0.05) is 6.92 Å². The highest BCUT2D eigenvalue weighted by atomic mass is 16.7. The molecular weight excluding hydrogens is 256 g/mol. The molecule has 4 nitrogen and oxygen atoms in total. The van der Waals surface area contributed by atoms with Gasteiger partial charge in [0.05, 0.1) is 25.4 Å². The predicted molar refractivity (Wildman–Crippen MR) is 75.3 cm³/mol. The normalized spacial score (nSPS) is 46.6. The Morgan fingerprint density at radius 2 is 2.05 bits per heavy atom. The van der Waals surface area contributed by atoms with E-state index in [1.54, 1.807) is 7.11 Å². The van der Waals surface area contributed by atoms with Crippen molar-refractivity contribution in [2.45, 2.75) is 57.7 Å². The summed E-state index contributed by atoms with van der Waals surface area (Å²) in [6, 6.07) is 0. The first-order chi connectivity index (χ1) is 9.62. The lowest BCUT2D eigenvalue weighted by Crippen LogP contribution is -2.40. The molecule has 0 aliphatic heterocycles. The topological polar surface area (TPSA) is 47.9 Å². The zero-order valence-electron chi connectivity index (χ0n) is 12.8. The summed E-state index contributed by atoms with van der Waals surface area (Å²) in [6.45, 7) is 3.96. The van der Waals surface area contributed by atoms with Gasteiger partial charge in [-0.15, -0.1) is 0 Å². The molecule has 4 heteroatoms. The smallest absolute Gasteiger partial charge is 0.147 e. The maximum atomic E-state index is 10.1. The number of ether oxygens (including phenoxy) is 3. The molecule has 3 aliphatic carbocycles. The van der Waals surface area contributed by atoms with Crippen LogP contribution in [0.15, 0.2) is 0 Å². The molecule has 0 bridgehead atoms. The molecule has 3 saturated carbocycles. The van der Waals surface area contributed by atoms with Gasteiger partial charge in [0, 0.05) is 7.11 Å². The van der Waals surface area contributed by atoms with Gasteiger partial charge in [0.2, 0.25) is 0 Å². The van der Waals surface area contributed by atoms with Crippen LogP contribution in [0.2, 0.25) is 0 Å². The van der Waals surface area contributed by atoms with E-state index in [0.29, 0.717) is 37.4 Å². The van der Waals surface area contributed by atoms with Gasteiger partial charge in [0.1, 0.15) is 6.79 Å². The van der Waals surface area contributed by atoms with Crippen LogP contribution in [0.3, 0.4) is 0 Å². The van der Waals surface area contributed by atoms with Gasteiger partial charge in [-0.3, -0.25) is 0 Å². The van der Waals surface area contributed by atoms with Crippen molar-refractivity contribution in [1.29, 1.82) is 0 Å². The third-order valence-electron chi connectivity index (χ3n) is 6.44. The average molecular weight is 284 g/mol. The van der Waals surface area contributed by atoms with Crippen LogP contribution in [0.5, 0.6) is 0 Å². The number of aliphatic hydroxyl groups is 1. The standard InChI is InChI=1S/C16H28O4/c1-15-5-3-12-9-13(17)10-16(12,15)6-4-14(15)20-11-19-8-7-18-2/h12-14,17H,3-11H2,1-2H3. The summed E-state index contributed by atoms with van der Waals surface area (Å²) in [5.41, 5.74) is 0.573. The summed E-state index contributed by atoms with van der Waals surface area (Å²) < 4.78 is 16.5. The Labute approximate surface area is 121 Å². The van der Waals surface area contributed by atoms with Gasteiger partial charge in [-0.25, -0.2) is 0 Å². The molecule has 1 spiro atoms. The molecule has 0 aromatic carbocycles. The maximum absolute atomic E-state index is 10.1. The largest absolute Gasteiger partial charge is 0.393 e. The Kier molecular flexibility index (Phi) is 4.10. The fourth-order valence-corrected chi connectivity index (χ4v) is 5.42. The fraction of sp³-hybridized carbons (Fsp3) is 1.00. The third-order valence-corrected chi connectivity index (χ3v) is 6.44. The second-order valence-electron chi connectivity index (χ2n) is 7.12. The predicted octanol–water partition coefficient (Wildman–Crippen LogP) is 2.34. The Balaban J connectivity index is 1.59. The maximum Gasteiger partial charge on any atom is 0.147 e. The van der Waals surface area contributed by atoms with E-state index in [0.717, 1.165) is 19.3 Å². The van der Waals surface area contributed by atoms with E-state index in [2.05, 4.69) is 6.92 Å². The highest BCUT2D eigenvalue weighted by molar-refractivity contribution is 5.16. The number of methoxy groups -OCH3 is 1. The van der Waals surface area contributed by atoms with Crippen LogP contribution in [0.1, 0.15) is 45.4 Å². The molecule has 0 aromatic rings. The third kappa shape index (κ3) is 2.12. The molecule has 0 aromatic heterocycles. The van der Waals surface area contributed by atoms with Crippen molar-refractivity contribution in [3.05, 3.63) is 0 Å².